The van der Waals surface area contributed by atoms with Gasteiger partial charge in [-0.2, -0.15) is 0 Å². The molecule has 0 aliphatic rings. The molecule has 84 valence electrons. The fourth-order valence-corrected chi connectivity index (χ4v) is 2.35. The number of nitrogens with one attached hydrogen (secondary N) is 1. The highest BCUT2D eigenvalue weighted by Gasteiger charge is 2.03. The van der Waals surface area contributed by atoms with Gasteiger partial charge in [0.25, 0.3) is 0 Å². The van der Waals surface area contributed by atoms with E-state index in [0.717, 1.165) is 19.5 Å². The highest BCUT2D eigenvalue weighted by molar-refractivity contribution is 7.85. The molecule has 0 radical (unpaired) electrons. The molecule has 1 aromatic carbocycles. The van der Waals surface area contributed by atoms with Crippen LogP contribution in [-0.4, -0.2) is 23.1 Å². The van der Waals surface area contributed by atoms with E-state index in [1.165, 1.54) is 12.1 Å². The molecule has 2 nitrogen and oxygen atoms in total. The van der Waals surface area contributed by atoms with Crippen molar-refractivity contribution in [2.24, 2.45) is 0 Å². The third-order valence-electron chi connectivity index (χ3n) is 1.99. The van der Waals surface area contributed by atoms with Gasteiger partial charge in [-0.3, -0.25) is 4.21 Å². The average molecular weight is 229 g/mol. The molecule has 1 rings (SSSR count). The minimum absolute atomic E-state index is 0.326. The van der Waals surface area contributed by atoms with Gasteiger partial charge in [0.05, 0.1) is 10.8 Å². The normalized spacial score (nSPS) is 12.7. The Bertz CT molecular complexity index is 330. The molecule has 15 heavy (non-hydrogen) atoms. The van der Waals surface area contributed by atoms with E-state index in [1.54, 1.807) is 12.1 Å². The summed E-state index contributed by atoms with van der Waals surface area (Å²) in [4.78, 5) is 0.575. The van der Waals surface area contributed by atoms with Crippen LogP contribution in [0.2, 0.25) is 0 Å². The maximum atomic E-state index is 12.8. The Kier molecular flexibility index (Phi) is 5.50. The van der Waals surface area contributed by atoms with Crippen LogP contribution in [0.3, 0.4) is 0 Å². The van der Waals surface area contributed by atoms with Gasteiger partial charge < -0.3 is 5.32 Å². The molecule has 0 aliphatic heterocycles. The first-order chi connectivity index (χ1) is 7.24. The minimum atomic E-state index is -1.08. The molecule has 4 heteroatoms. The number of hydrogen-bond donors (Lipinski definition) is 1. The Labute approximate surface area is 92.3 Å². The monoisotopic (exact) mass is 229 g/mol. The van der Waals surface area contributed by atoms with E-state index in [1.807, 2.05) is 6.92 Å². The van der Waals surface area contributed by atoms with Crippen LogP contribution in [0.4, 0.5) is 4.39 Å². The Morgan fingerprint density at radius 1 is 1.47 bits per heavy atom. The van der Waals surface area contributed by atoms with Gasteiger partial charge in [0.2, 0.25) is 0 Å². The van der Waals surface area contributed by atoms with Crippen molar-refractivity contribution in [3.05, 3.63) is 30.1 Å². The van der Waals surface area contributed by atoms with Gasteiger partial charge in [-0.25, -0.2) is 4.39 Å². The Hall–Kier alpha value is -0.740. The van der Waals surface area contributed by atoms with Gasteiger partial charge in [0.1, 0.15) is 5.82 Å². The van der Waals surface area contributed by atoms with E-state index in [-0.39, 0.29) is 5.82 Å². The predicted molar refractivity (Wildman–Crippen MR) is 60.8 cm³/mol. The van der Waals surface area contributed by atoms with Crippen LogP contribution in [-0.2, 0) is 10.8 Å². The van der Waals surface area contributed by atoms with Crippen LogP contribution >= 0.6 is 0 Å². The van der Waals surface area contributed by atoms with E-state index in [4.69, 9.17) is 0 Å². The summed E-state index contributed by atoms with van der Waals surface area (Å²) in [5.74, 6) is 0.253. The van der Waals surface area contributed by atoms with Crippen LogP contribution in [0.15, 0.2) is 29.2 Å². The lowest BCUT2D eigenvalue weighted by Gasteiger charge is -2.03. The van der Waals surface area contributed by atoms with Crippen molar-refractivity contribution in [1.82, 2.24) is 5.32 Å². The van der Waals surface area contributed by atoms with E-state index >= 15 is 0 Å². The van der Waals surface area contributed by atoms with Crippen LogP contribution < -0.4 is 5.32 Å². The quantitative estimate of drug-likeness (QED) is 0.755. The molecule has 0 saturated heterocycles. The fraction of sp³-hybridized carbons (Fsp3) is 0.455. The third kappa shape index (κ3) is 4.53. The van der Waals surface area contributed by atoms with E-state index in [2.05, 4.69) is 5.32 Å². The van der Waals surface area contributed by atoms with E-state index in [9.17, 15) is 8.60 Å². The number of hydrogen-bond acceptors (Lipinski definition) is 2. The molecule has 0 saturated carbocycles. The van der Waals surface area contributed by atoms with E-state index in [0.29, 0.717) is 10.6 Å². The number of halogens is 1. The molecule has 1 aromatic rings. The highest BCUT2D eigenvalue weighted by atomic mass is 32.2. The standard InChI is InChI=1S/C11H16FNOS/c1-2-13-7-4-8-15(14)11-6-3-5-10(12)9-11/h3,5-6,9,13H,2,4,7-8H2,1H3. The molecule has 0 amide bonds. The zero-order valence-electron chi connectivity index (χ0n) is 8.83. The molecular formula is C11H16FNOS. The maximum absolute atomic E-state index is 12.8. The SMILES string of the molecule is CCNCCCS(=O)c1cccc(F)c1. The second kappa shape index (κ2) is 6.69. The number of benzene rings is 1. The second-order valence-corrected chi connectivity index (χ2v) is 4.78. The zero-order chi connectivity index (χ0) is 11.1. The fourth-order valence-electron chi connectivity index (χ4n) is 1.23. The van der Waals surface area contributed by atoms with Crippen molar-refractivity contribution < 1.29 is 8.60 Å². The van der Waals surface area contributed by atoms with Gasteiger partial charge in [-0.1, -0.05) is 13.0 Å². The molecule has 0 aromatic heterocycles. The summed E-state index contributed by atoms with van der Waals surface area (Å²) >= 11 is 0. The van der Waals surface area contributed by atoms with Crippen LogP contribution in [0, 0.1) is 5.82 Å². The van der Waals surface area contributed by atoms with E-state index < -0.39 is 10.8 Å². The molecule has 1 atom stereocenters. The van der Waals surface area contributed by atoms with Gasteiger partial charge in [-0.05, 0) is 37.7 Å². The van der Waals surface area contributed by atoms with Crippen molar-refractivity contribution in [2.45, 2.75) is 18.2 Å². The zero-order valence-corrected chi connectivity index (χ0v) is 9.65. The van der Waals surface area contributed by atoms with Crippen LogP contribution in [0.1, 0.15) is 13.3 Å². The first-order valence-corrected chi connectivity index (χ1v) is 6.40. The van der Waals surface area contributed by atoms with Crippen molar-refractivity contribution in [3.8, 4) is 0 Å². The molecule has 0 aliphatic carbocycles. The Balaban J connectivity index is 2.40. The molecule has 1 unspecified atom stereocenters. The first kappa shape index (κ1) is 12.3. The number of rotatable bonds is 6. The van der Waals surface area contributed by atoms with Crippen LogP contribution in [0.5, 0.6) is 0 Å². The summed E-state index contributed by atoms with van der Waals surface area (Å²) in [6.45, 7) is 3.81. The van der Waals surface area contributed by atoms with Crippen molar-refractivity contribution in [1.29, 1.82) is 0 Å². The third-order valence-corrected chi connectivity index (χ3v) is 3.43. The molecular weight excluding hydrogens is 213 g/mol. The van der Waals surface area contributed by atoms with Crippen molar-refractivity contribution >= 4 is 10.8 Å². The lowest BCUT2D eigenvalue weighted by molar-refractivity contribution is 0.622. The lowest BCUT2D eigenvalue weighted by atomic mass is 10.4. The summed E-state index contributed by atoms with van der Waals surface area (Å²) in [5, 5.41) is 3.16. The molecule has 0 heterocycles. The molecule has 0 bridgehead atoms. The summed E-state index contributed by atoms with van der Waals surface area (Å²) in [6, 6.07) is 5.99. The smallest absolute Gasteiger partial charge is 0.124 e. The van der Waals surface area contributed by atoms with Gasteiger partial charge in [0.15, 0.2) is 0 Å². The predicted octanol–water partition coefficient (Wildman–Crippen LogP) is 1.93. The topological polar surface area (TPSA) is 29.1 Å². The largest absolute Gasteiger partial charge is 0.317 e. The molecule has 1 N–H and O–H groups in total. The van der Waals surface area contributed by atoms with Gasteiger partial charge in [-0.15, -0.1) is 0 Å². The van der Waals surface area contributed by atoms with Gasteiger partial charge in [0, 0.05) is 10.6 Å². The molecule has 0 spiro atoms. The maximum Gasteiger partial charge on any atom is 0.124 e. The van der Waals surface area contributed by atoms with Crippen molar-refractivity contribution in [3.63, 3.8) is 0 Å². The summed E-state index contributed by atoms with van der Waals surface area (Å²) in [5.41, 5.74) is 0. The second-order valence-electron chi connectivity index (χ2n) is 3.21. The summed E-state index contributed by atoms with van der Waals surface area (Å²) in [7, 11) is -1.08. The average Bonchev–Trinajstić information content (AvgIpc) is 2.24. The Morgan fingerprint density at radius 3 is 2.93 bits per heavy atom. The summed E-state index contributed by atoms with van der Waals surface area (Å²) < 4.78 is 24.5. The van der Waals surface area contributed by atoms with Crippen molar-refractivity contribution in [2.75, 3.05) is 18.8 Å². The molecule has 0 fully saturated rings. The van der Waals surface area contributed by atoms with Gasteiger partial charge >= 0.3 is 0 Å². The first-order valence-electron chi connectivity index (χ1n) is 5.08. The minimum Gasteiger partial charge on any atom is -0.317 e. The highest BCUT2D eigenvalue weighted by Crippen LogP contribution is 2.09. The Morgan fingerprint density at radius 2 is 2.27 bits per heavy atom. The lowest BCUT2D eigenvalue weighted by Crippen LogP contribution is -2.16. The van der Waals surface area contributed by atoms with Crippen LogP contribution in [0.25, 0.3) is 0 Å². The summed E-state index contributed by atoms with van der Waals surface area (Å²) in [6.07, 6.45) is 0.844.